The van der Waals surface area contributed by atoms with Crippen molar-refractivity contribution in [1.82, 2.24) is 9.80 Å². The predicted octanol–water partition coefficient (Wildman–Crippen LogP) is 1.21. The number of hydrogen-bond acceptors (Lipinski definition) is 3. The number of amides is 1. The van der Waals surface area contributed by atoms with Gasteiger partial charge in [-0.05, 0) is 50.4 Å². The summed E-state index contributed by atoms with van der Waals surface area (Å²) in [5.41, 5.74) is 1.38. The predicted molar refractivity (Wildman–Crippen MR) is 78.5 cm³/mol. The van der Waals surface area contributed by atoms with E-state index in [-0.39, 0.29) is 18.0 Å². The highest BCUT2D eigenvalue weighted by atomic mass is 16.2. The summed E-state index contributed by atoms with van der Waals surface area (Å²) in [6, 6.07) is 0.808. The van der Waals surface area contributed by atoms with Gasteiger partial charge in [0.15, 0.2) is 0 Å². The van der Waals surface area contributed by atoms with Crippen molar-refractivity contribution in [1.29, 1.82) is 0 Å². The number of likely N-dealkylation sites (tertiary alicyclic amines) is 1. The summed E-state index contributed by atoms with van der Waals surface area (Å²) >= 11 is 0. The molecule has 0 spiro atoms. The van der Waals surface area contributed by atoms with E-state index in [1.807, 2.05) is 17.2 Å². The van der Waals surface area contributed by atoms with Gasteiger partial charge in [-0.3, -0.25) is 14.7 Å². The van der Waals surface area contributed by atoms with Crippen molar-refractivity contribution in [2.24, 2.45) is 4.99 Å². The zero-order chi connectivity index (χ0) is 13.5. The Labute approximate surface area is 119 Å². The van der Waals surface area contributed by atoms with Crippen LogP contribution in [-0.4, -0.2) is 59.7 Å². The van der Waals surface area contributed by atoms with Crippen LogP contribution >= 0.6 is 0 Å². The molecule has 105 valence electrons. The van der Waals surface area contributed by atoms with E-state index in [4.69, 9.17) is 0 Å². The maximum Gasteiger partial charge on any atom is 0.246 e. The van der Waals surface area contributed by atoms with Crippen molar-refractivity contribution in [2.45, 2.75) is 37.4 Å². The topological polar surface area (TPSA) is 35.9 Å². The second-order valence-corrected chi connectivity index (χ2v) is 6.08. The van der Waals surface area contributed by atoms with Crippen LogP contribution in [0.1, 0.15) is 19.3 Å². The minimum Gasteiger partial charge on any atom is -0.328 e. The molecule has 3 unspecified atom stereocenters. The molecule has 0 aromatic rings. The molecular formula is C16H20N3O. The number of allylic oxidation sites excluding steroid dienone is 1. The summed E-state index contributed by atoms with van der Waals surface area (Å²) in [6.07, 6.45) is 13.5. The van der Waals surface area contributed by atoms with E-state index in [1.54, 1.807) is 6.08 Å². The Morgan fingerprint density at radius 3 is 2.95 bits per heavy atom. The smallest absolute Gasteiger partial charge is 0.246 e. The van der Waals surface area contributed by atoms with Crippen molar-refractivity contribution < 1.29 is 4.79 Å². The second kappa shape index (κ2) is 4.85. The Bertz CT molecular complexity index is 502. The molecule has 0 aromatic carbocycles. The summed E-state index contributed by atoms with van der Waals surface area (Å²) in [4.78, 5) is 21.3. The van der Waals surface area contributed by atoms with Gasteiger partial charge in [0.05, 0.1) is 12.1 Å². The second-order valence-electron chi connectivity index (χ2n) is 6.08. The molecule has 1 radical (unpaired) electrons. The Hall–Kier alpha value is -1.42. The maximum atomic E-state index is 12.2. The van der Waals surface area contributed by atoms with E-state index in [0.29, 0.717) is 6.04 Å². The highest BCUT2D eigenvalue weighted by molar-refractivity contribution is 5.90. The largest absolute Gasteiger partial charge is 0.328 e. The lowest BCUT2D eigenvalue weighted by molar-refractivity contribution is -0.130. The number of nitrogens with zero attached hydrogens (tertiary/aromatic N) is 3. The fourth-order valence-electron chi connectivity index (χ4n) is 3.93. The van der Waals surface area contributed by atoms with Crippen LogP contribution in [0.15, 0.2) is 28.8 Å². The first kappa shape index (κ1) is 12.3. The number of carbonyl (C=O) groups excluding carboxylic acids is 1. The van der Waals surface area contributed by atoms with Crippen LogP contribution in [0.25, 0.3) is 0 Å². The van der Waals surface area contributed by atoms with Crippen LogP contribution in [-0.2, 0) is 4.79 Å². The van der Waals surface area contributed by atoms with Gasteiger partial charge in [0.2, 0.25) is 5.91 Å². The molecule has 4 heteroatoms. The van der Waals surface area contributed by atoms with Gasteiger partial charge in [0.1, 0.15) is 0 Å². The Morgan fingerprint density at radius 2 is 2.10 bits per heavy atom. The third-order valence-electron chi connectivity index (χ3n) is 4.94. The molecule has 4 aliphatic rings. The molecule has 0 bridgehead atoms. The van der Waals surface area contributed by atoms with Crippen molar-refractivity contribution >= 4 is 12.1 Å². The van der Waals surface area contributed by atoms with Gasteiger partial charge in [0, 0.05) is 24.9 Å². The normalized spacial score (nSPS) is 36.8. The third kappa shape index (κ3) is 1.94. The zero-order valence-electron chi connectivity index (χ0n) is 11.6. The molecule has 4 heterocycles. The van der Waals surface area contributed by atoms with Crippen molar-refractivity contribution in [2.75, 3.05) is 19.6 Å². The van der Waals surface area contributed by atoms with E-state index in [2.05, 4.69) is 22.4 Å². The van der Waals surface area contributed by atoms with E-state index >= 15 is 0 Å². The van der Waals surface area contributed by atoms with E-state index < -0.39 is 0 Å². The van der Waals surface area contributed by atoms with Gasteiger partial charge in [-0.2, -0.15) is 0 Å². The molecule has 20 heavy (non-hydrogen) atoms. The first-order chi connectivity index (χ1) is 9.83. The molecule has 0 N–H and O–H groups in total. The standard InChI is InChI=1S/C16H20N3O/c20-15-5-4-14-16-12(6-7-17-14)10-13(11-19(15)16)18-8-2-1-3-9-18/h1,4-7,13-14,16H,2-3,8-11H2. The van der Waals surface area contributed by atoms with Crippen LogP contribution in [0.4, 0.5) is 0 Å². The molecule has 2 fully saturated rings. The summed E-state index contributed by atoms with van der Waals surface area (Å²) in [6.45, 7) is 3.13. The number of hydrogen-bond donors (Lipinski definition) is 0. The lowest BCUT2D eigenvalue weighted by atomic mass is 9.83. The average molecular weight is 270 g/mol. The van der Waals surface area contributed by atoms with Crippen molar-refractivity contribution in [3.05, 3.63) is 30.2 Å². The molecule has 4 aliphatic heterocycles. The molecule has 4 nitrogen and oxygen atoms in total. The molecule has 3 atom stereocenters. The third-order valence-corrected chi connectivity index (χ3v) is 4.94. The molecule has 4 rings (SSSR count). The lowest BCUT2D eigenvalue weighted by Crippen LogP contribution is -2.60. The zero-order valence-corrected chi connectivity index (χ0v) is 11.6. The molecule has 2 saturated heterocycles. The number of aliphatic imine (C=N–C) groups is 1. The van der Waals surface area contributed by atoms with E-state index in [9.17, 15) is 4.79 Å². The van der Waals surface area contributed by atoms with Gasteiger partial charge >= 0.3 is 0 Å². The quantitative estimate of drug-likeness (QED) is 0.718. The van der Waals surface area contributed by atoms with E-state index in [0.717, 1.165) is 26.1 Å². The lowest BCUT2D eigenvalue weighted by Gasteiger charge is -2.48. The van der Waals surface area contributed by atoms with Gasteiger partial charge in [0.25, 0.3) is 0 Å². The van der Waals surface area contributed by atoms with Gasteiger partial charge < -0.3 is 4.90 Å². The monoisotopic (exact) mass is 270 g/mol. The first-order valence-corrected chi connectivity index (χ1v) is 7.60. The van der Waals surface area contributed by atoms with Crippen LogP contribution in [0.5, 0.6) is 0 Å². The van der Waals surface area contributed by atoms with Crippen LogP contribution < -0.4 is 0 Å². The minimum absolute atomic E-state index is 0.142. The molecular weight excluding hydrogens is 250 g/mol. The van der Waals surface area contributed by atoms with Crippen LogP contribution in [0, 0.1) is 6.42 Å². The minimum atomic E-state index is 0.142. The summed E-state index contributed by atoms with van der Waals surface area (Å²) in [5, 5.41) is 0. The Morgan fingerprint density at radius 1 is 1.25 bits per heavy atom. The van der Waals surface area contributed by atoms with Crippen molar-refractivity contribution in [3.8, 4) is 0 Å². The SMILES string of the molecule is O=C1C=CC2N=CC=C3CC(N4CC[CH]CC4)CN1C32. The summed E-state index contributed by atoms with van der Waals surface area (Å²) < 4.78 is 0. The summed E-state index contributed by atoms with van der Waals surface area (Å²) in [7, 11) is 0. The van der Waals surface area contributed by atoms with Crippen LogP contribution in [0.3, 0.4) is 0 Å². The Kier molecular flexibility index (Phi) is 2.99. The number of rotatable bonds is 1. The van der Waals surface area contributed by atoms with Crippen molar-refractivity contribution in [3.63, 3.8) is 0 Å². The Balaban J connectivity index is 1.62. The highest BCUT2D eigenvalue weighted by Crippen LogP contribution is 2.34. The number of carbonyl (C=O) groups is 1. The fraction of sp³-hybridized carbons (Fsp3) is 0.562. The average Bonchev–Trinajstić information content (AvgIpc) is 2.51. The van der Waals surface area contributed by atoms with Gasteiger partial charge in [-0.15, -0.1) is 0 Å². The fourth-order valence-corrected chi connectivity index (χ4v) is 3.93. The van der Waals surface area contributed by atoms with E-state index in [1.165, 1.54) is 18.4 Å². The maximum absolute atomic E-state index is 12.2. The van der Waals surface area contributed by atoms with Gasteiger partial charge in [-0.1, -0.05) is 6.08 Å². The van der Waals surface area contributed by atoms with Gasteiger partial charge in [-0.25, -0.2) is 0 Å². The number of piperidine rings is 2. The summed E-state index contributed by atoms with van der Waals surface area (Å²) in [5.74, 6) is 0.155. The highest BCUT2D eigenvalue weighted by Gasteiger charge is 2.42. The molecule has 0 saturated carbocycles. The number of dihydropyridines is 1. The first-order valence-electron chi connectivity index (χ1n) is 7.60. The molecule has 0 aliphatic carbocycles. The molecule has 0 aromatic heterocycles. The van der Waals surface area contributed by atoms with Crippen LogP contribution in [0.2, 0.25) is 0 Å². The molecule has 1 amide bonds.